The summed E-state index contributed by atoms with van der Waals surface area (Å²) >= 11 is 0. The van der Waals surface area contributed by atoms with Gasteiger partial charge in [0.05, 0.1) is 27.9 Å². The molecule has 180 valence electrons. The number of nitrogens with one attached hydrogen (secondary N) is 1. The van der Waals surface area contributed by atoms with Crippen molar-refractivity contribution in [2.45, 2.75) is 30.6 Å². The average molecular weight is 488 g/mol. The molecule has 2 unspecified atom stereocenters. The molecule has 0 radical (unpaired) electrons. The Kier molecular flexibility index (Phi) is 3.25. The molecule has 1 saturated carbocycles. The van der Waals surface area contributed by atoms with Crippen molar-refractivity contribution in [1.82, 2.24) is 14.1 Å². The van der Waals surface area contributed by atoms with Gasteiger partial charge in [-0.1, -0.05) is 61.5 Å². The summed E-state index contributed by atoms with van der Waals surface area (Å²) in [6, 6.07) is 32.2. The third kappa shape index (κ3) is 2.05. The summed E-state index contributed by atoms with van der Waals surface area (Å²) in [5, 5.41) is 3.96. The first-order valence-corrected chi connectivity index (χ1v) is 13.7. The molecule has 3 heteroatoms. The fourth-order valence-corrected chi connectivity index (χ4v) is 8.66. The molecule has 3 aliphatic rings. The second kappa shape index (κ2) is 6.31. The molecule has 1 N–H and O–H groups in total. The van der Waals surface area contributed by atoms with Gasteiger partial charge < -0.3 is 14.1 Å². The van der Waals surface area contributed by atoms with Gasteiger partial charge in [-0.15, -0.1) is 0 Å². The Labute approximate surface area is 220 Å². The van der Waals surface area contributed by atoms with Crippen LogP contribution in [0.4, 0.5) is 0 Å². The smallest absolute Gasteiger partial charge is 0.0636 e. The van der Waals surface area contributed by atoms with E-state index in [1.54, 1.807) is 11.1 Å². The summed E-state index contributed by atoms with van der Waals surface area (Å²) in [6.45, 7) is 2.53. The van der Waals surface area contributed by atoms with Gasteiger partial charge in [-0.25, -0.2) is 0 Å². The number of hydrogen-bond donors (Lipinski definition) is 1. The van der Waals surface area contributed by atoms with Crippen LogP contribution in [0.3, 0.4) is 0 Å². The Hall–Kier alpha value is -4.50. The molecule has 4 bridgehead atoms. The largest absolute Gasteiger partial charge is 0.366 e. The fraction of sp³-hybridized carbons (Fsp3) is 0.143. The van der Waals surface area contributed by atoms with Gasteiger partial charge in [0.1, 0.15) is 0 Å². The van der Waals surface area contributed by atoms with Gasteiger partial charge in [0.2, 0.25) is 0 Å². The lowest BCUT2D eigenvalue weighted by molar-refractivity contribution is 0.213. The van der Waals surface area contributed by atoms with Gasteiger partial charge in [-0.3, -0.25) is 0 Å². The lowest BCUT2D eigenvalue weighted by atomic mass is 9.56. The molecule has 0 amide bonds. The van der Waals surface area contributed by atoms with Gasteiger partial charge in [0, 0.05) is 51.6 Å². The van der Waals surface area contributed by atoms with Crippen LogP contribution in [0.15, 0.2) is 104 Å². The summed E-state index contributed by atoms with van der Waals surface area (Å²) in [6.07, 6.45) is 7.66. The van der Waals surface area contributed by atoms with Crippen LogP contribution in [0.2, 0.25) is 0 Å². The van der Waals surface area contributed by atoms with E-state index < -0.39 is 0 Å². The lowest BCUT2D eigenvalue weighted by Crippen LogP contribution is -2.39. The van der Waals surface area contributed by atoms with Crippen LogP contribution in [0.1, 0.15) is 41.9 Å². The van der Waals surface area contributed by atoms with Crippen molar-refractivity contribution in [3.63, 3.8) is 0 Å². The molecule has 38 heavy (non-hydrogen) atoms. The molecule has 3 nitrogen and oxygen atoms in total. The Bertz CT molecular complexity index is 2140. The molecule has 4 aromatic carbocycles. The maximum absolute atomic E-state index is 3.28. The van der Waals surface area contributed by atoms with Crippen molar-refractivity contribution >= 4 is 32.7 Å². The van der Waals surface area contributed by atoms with E-state index in [0.717, 1.165) is 0 Å². The van der Waals surface area contributed by atoms with Crippen molar-refractivity contribution in [3.8, 4) is 22.5 Å². The molecule has 0 spiro atoms. The molecule has 0 saturated heterocycles. The maximum Gasteiger partial charge on any atom is 0.0636 e. The Morgan fingerprint density at radius 1 is 0.816 bits per heavy atom. The fourth-order valence-electron chi connectivity index (χ4n) is 8.66. The zero-order chi connectivity index (χ0) is 24.7. The molecular formula is C35H25N3. The van der Waals surface area contributed by atoms with Crippen LogP contribution in [0.25, 0.3) is 55.2 Å². The number of aromatic amines is 1. The highest BCUT2D eigenvalue weighted by molar-refractivity contribution is 6.10. The molecule has 3 atom stereocenters. The molecule has 7 aromatic rings. The van der Waals surface area contributed by atoms with Crippen LogP contribution < -0.4 is 0 Å². The molecule has 4 heterocycles. The van der Waals surface area contributed by atoms with E-state index in [9.17, 15) is 0 Å². The quantitative estimate of drug-likeness (QED) is 0.240. The number of rotatable bonds is 1. The first kappa shape index (κ1) is 19.6. The first-order chi connectivity index (χ1) is 18.7. The van der Waals surface area contributed by atoms with E-state index in [1.165, 1.54) is 67.2 Å². The number of benzene rings is 4. The van der Waals surface area contributed by atoms with Gasteiger partial charge in [0.25, 0.3) is 0 Å². The predicted octanol–water partition coefficient (Wildman–Crippen LogP) is 8.58. The topological polar surface area (TPSA) is 25.6 Å². The number of aromatic nitrogens is 3. The van der Waals surface area contributed by atoms with Crippen LogP contribution >= 0.6 is 0 Å². The minimum Gasteiger partial charge on any atom is -0.366 e. The second-order valence-electron chi connectivity index (χ2n) is 11.8. The van der Waals surface area contributed by atoms with Crippen molar-refractivity contribution in [1.29, 1.82) is 0 Å². The van der Waals surface area contributed by atoms with Crippen molar-refractivity contribution < 1.29 is 0 Å². The second-order valence-corrected chi connectivity index (χ2v) is 11.8. The molecule has 10 rings (SSSR count). The van der Waals surface area contributed by atoms with Crippen molar-refractivity contribution in [2.24, 2.45) is 0 Å². The number of nitrogens with zero attached hydrogens (tertiary/aromatic N) is 2. The Morgan fingerprint density at radius 2 is 1.71 bits per heavy atom. The van der Waals surface area contributed by atoms with Gasteiger partial charge in [-0.05, 0) is 64.9 Å². The zero-order valence-corrected chi connectivity index (χ0v) is 21.1. The maximum atomic E-state index is 3.28. The monoisotopic (exact) mass is 487 g/mol. The number of para-hydroxylation sites is 2. The van der Waals surface area contributed by atoms with E-state index in [-0.39, 0.29) is 5.41 Å². The molecule has 2 aliphatic carbocycles. The SMILES string of the molecule is CC12C[C@H]3c4cccc(c41)-c1cccc4ccn(c14)-c1cc4c(cc1C32)c1ccccc1n4-c1cc[nH]c1. The third-order valence-corrected chi connectivity index (χ3v) is 10.1. The normalized spacial score (nSPS) is 22.3. The van der Waals surface area contributed by atoms with E-state index >= 15 is 0 Å². The predicted molar refractivity (Wildman–Crippen MR) is 155 cm³/mol. The summed E-state index contributed by atoms with van der Waals surface area (Å²) in [4.78, 5) is 3.28. The van der Waals surface area contributed by atoms with E-state index in [4.69, 9.17) is 0 Å². The van der Waals surface area contributed by atoms with E-state index in [1.807, 2.05) is 6.20 Å². The van der Waals surface area contributed by atoms with Crippen LogP contribution in [0, 0.1) is 0 Å². The molecule has 1 fully saturated rings. The summed E-state index contributed by atoms with van der Waals surface area (Å²) < 4.78 is 4.91. The number of fused-ring (bicyclic) bond motifs is 7. The summed E-state index contributed by atoms with van der Waals surface area (Å²) in [5.74, 6) is 1.07. The Morgan fingerprint density at radius 3 is 2.63 bits per heavy atom. The minimum absolute atomic E-state index is 0.157. The Balaban J connectivity index is 1.43. The van der Waals surface area contributed by atoms with E-state index in [2.05, 4.69) is 118 Å². The highest BCUT2D eigenvalue weighted by Gasteiger charge is 2.61. The van der Waals surface area contributed by atoms with E-state index in [0.29, 0.717) is 11.8 Å². The standard InChI is InChI=1S/C35H25N3/c1-35-18-28-24-9-5-8-23(32(24)35)25-10-4-6-20-13-15-37(34(20)25)30-17-31-26(16-27(30)33(28)35)22-7-2-3-11-29(22)38(31)21-12-14-36-19-21/h2-17,19,28,33,36H,18H2,1H3/t28-,33?,35?/m0/s1. The van der Waals surface area contributed by atoms with Gasteiger partial charge in [0.15, 0.2) is 0 Å². The lowest BCUT2D eigenvalue weighted by Gasteiger charge is -2.47. The zero-order valence-electron chi connectivity index (χ0n) is 21.1. The van der Waals surface area contributed by atoms with Crippen molar-refractivity contribution in [3.05, 3.63) is 120 Å². The third-order valence-electron chi connectivity index (χ3n) is 10.1. The van der Waals surface area contributed by atoms with Crippen LogP contribution in [-0.4, -0.2) is 14.1 Å². The van der Waals surface area contributed by atoms with Crippen LogP contribution in [0.5, 0.6) is 0 Å². The summed E-state index contributed by atoms with van der Waals surface area (Å²) in [5.41, 5.74) is 13.9. The number of hydrogen-bond acceptors (Lipinski definition) is 0. The van der Waals surface area contributed by atoms with Crippen molar-refractivity contribution in [2.75, 3.05) is 0 Å². The number of H-pyrrole nitrogens is 1. The first-order valence-electron chi connectivity index (χ1n) is 13.7. The van der Waals surface area contributed by atoms with Gasteiger partial charge >= 0.3 is 0 Å². The average Bonchev–Trinajstić information content (AvgIpc) is 3.74. The van der Waals surface area contributed by atoms with Gasteiger partial charge in [-0.2, -0.15) is 0 Å². The minimum atomic E-state index is 0.157. The molecule has 3 aromatic heterocycles. The highest BCUT2D eigenvalue weighted by atomic mass is 15.0. The summed E-state index contributed by atoms with van der Waals surface area (Å²) in [7, 11) is 0. The molecule has 1 aliphatic heterocycles. The highest BCUT2D eigenvalue weighted by Crippen LogP contribution is 2.72. The molecular weight excluding hydrogens is 462 g/mol. The van der Waals surface area contributed by atoms with Crippen LogP contribution in [-0.2, 0) is 5.41 Å².